The fourth-order valence-corrected chi connectivity index (χ4v) is 6.61. The van der Waals surface area contributed by atoms with E-state index >= 15 is 0 Å². The van der Waals surface area contributed by atoms with Crippen molar-refractivity contribution in [2.75, 3.05) is 36.5 Å². The number of nitrogens with zero attached hydrogens (tertiary/aromatic N) is 3. The van der Waals surface area contributed by atoms with Crippen molar-refractivity contribution in [3.63, 3.8) is 0 Å². The molecule has 6 rings (SSSR count). The molecule has 7 heteroatoms. The van der Waals surface area contributed by atoms with Gasteiger partial charge in [0, 0.05) is 65.4 Å². The van der Waals surface area contributed by atoms with Crippen LogP contribution in [0.15, 0.2) is 48.5 Å². The van der Waals surface area contributed by atoms with Crippen LogP contribution in [0.4, 0.5) is 11.4 Å². The van der Waals surface area contributed by atoms with Gasteiger partial charge in [-0.3, -0.25) is 4.79 Å². The van der Waals surface area contributed by atoms with Crippen LogP contribution >= 0.6 is 11.3 Å². The van der Waals surface area contributed by atoms with Crippen molar-refractivity contribution in [2.24, 2.45) is 5.92 Å². The van der Waals surface area contributed by atoms with Gasteiger partial charge in [0.1, 0.15) is 11.2 Å². The first-order chi connectivity index (χ1) is 17.0. The highest BCUT2D eigenvalue weighted by atomic mass is 32.1. The van der Waals surface area contributed by atoms with Crippen molar-refractivity contribution >= 4 is 55.9 Å². The monoisotopic (exact) mass is 484 g/mol. The Morgan fingerprint density at radius 2 is 1.83 bits per heavy atom. The smallest absolute Gasteiger partial charge is 0.263 e. The number of fused-ring (bicyclic) bond motifs is 5. The molecule has 4 heterocycles. The van der Waals surface area contributed by atoms with E-state index in [1.807, 2.05) is 6.92 Å². The summed E-state index contributed by atoms with van der Waals surface area (Å²) in [6.45, 7) is 4.65. The molecule has 0 radical (unpaired) electrons. The quantitative estimate of drug-likeness (QED) is 0.410. The molecule has 1 fully saturated rings. The Morgan fingerprint density at radius 1 is 1.06 bits per heavy atom. The average molecular weight is 485 g/mol. The van der Waals surface area contributed by atoms with Gasteiger partial charge in [-0.25, -0.2) is 4.98 Å². The zero-order valence-electron chi connectivity index (χ0n) is 20.0. The van der Waals surface area contributed by atoms with Crippen molar-refractivity contribution < 1.29 is 9.59 Å². The van der Waals surface area contributed by atoms with Crippen molar-refractivity contribution in [1.29, 1.82) is 0 Å². The largest absolute Gasteiger partial charge is 0.371 e. The molecule has 1 saturated heterocycles. The Hall–Kier alpha value is -3.45. The van der Waals surface area contributed by atoms with E-state index in [-0.39, 0.29) is 17.9 Å². The molecule has 0 saturated carbocycles. The molecule has 1 amide bonds. The Balaban J connectivity index is 1.35. The molecule has 0 unspecified atom stereocenters. The number of piperidine rings is 1. The Kier molecular flexibility index (Phi) is 5.44. The van der Waals surface area contributed by atoms with Gasteiger partial charge in [-0.1, -0.05) is 12.1 Å². The summed E-state index contributed by atoms with van der Waals surface area (Å²) in [5.41, 5.74) is 5.14. The molecular formula is C28H28N4O2S. The number of carbonyl (C=O) groups excluding carboxylic acids is 2. The first kappa shape index (κ1) is 22.0. The number of thiophene rings is 1. The van der Waals surface area contributed by atoms with Gasteiger partial charge in [0.05, 0.1) is 16.9 Å². The summed E-state index contributed by atoms with van der Waals surface area (Å²) in [4.78, 5) is 34.2. The number of benzene rings is 2. The first-order valence-electron chi connectivity index (χ1n) is 12.2. The van der Waals surface area contributed by atoms with E-state index in [4.69, 9.17) is 4.98 Å². The van der Waals surface area contributed by atoms with Crippen molar-refractivity contribution in [3.05, 3.63) is 53.4 Å². The van der Waals surface area contributed by atoms with E-state index in [9.17, 15) is 9.59 Å². The number of amides is 1. The molecule has 2 aromatic heterocycles. The fraction of sp³-hybridized carbons (Fsp3) is 0.321. The van der Waals surface area contributed by atoms with E-state index in [0.717, 1.165) is 81.6 Å². The second kappa shape index (κ2) is 8.64. The summed E-state index contributed by atoms with van der Waals surface area (Å²) in [5, 5.41) is 5.29. The van der Waals surface area contributed by atoms with Crippen molar-refractivity contribution in [2.45, 2.75) is 25.8 Å². The molecule has 0 spiro atoms. The normalized spacial score (nSPS) is 19.0. The topological polar surface area (TPSA) is 65.5 Å². The molecule has 2 aliphatic rings. The second-order valence-corrected chi connectivity index (χ2v) is 10.8. The number of rotatable bonds is 3. The van der Waals surface area contributed by atoms with Gasteiger partial charge in [-0.15, -0.1) is 11.3 Å². The lowest BCUT2D eigenvalue weighted by Gasteiger charge is -2.31. The number of hydrogen-bond acceptors (Lipinski definition) is 6. The van der Waals surface area contributed by atoms with E-state index in [2.05, 4.69) is 70.7 Å². The van der Waals surface area contributed by atoms with Gasteiger partial charge in [-0.2, -0.15) is 0 Å². The van der Waals surface area contributed by atoms with Crippen LogP contribution in [-0.4, -0.2) is 49.9 Å². The summed E-state index contributed by atoms with van der Waals surface area (Å²) in [5.74, 6) is 0.209. The Morgan fingerprint density at radius 3 is 2.57 bits per heavy atom. The summed E-state index contributed by atoms with van der Waals surface area (Å²) < 4.78 is 1.11. The number of likely N-dealkylation sites (N-methyl/N-ethyl adjacent to an activating group) is 1. The van der Waals surface area contributed by atoms with E-state index < -0.39 is 0 Å². The van der Waals surface area contributed by atoms with Crippen LogP contribution in [0.5, 0.6) is 0 Å². The minimum Gasteiger partial charge on any atom is -0.371 e. The van der Waals surface area contributed by atoms with Crippen LogP contribution in [0.2, 0.25) is 0 Å². The molecule has 1 N–H and O–H groups in total. The van der Waals surface area contributed by atoms with Gasteiger partial charge in [-0.05, 0) is 56.2 Å². The van der Waals surface area contributed by atoms with Gasteiger partial charge in [0.2, 0.25) is 0 Å². The summed E-state index contributed by atoms with van der Waals surface area (Å²) in [6.07, 6.45) is 2.95. The number of aldehydes is 1. The predicted molar refractivity (Wildman–Crippen MR) is 144 cm³/mol. The molecule has 35 heavy (non-hydrogen) atoms. The second-order valence-electron chi connectivity index (χ2n) is 9.74. The van der Waals surface area contributed by atoms with Crippen LogP contribution in [-0.2, 0) is 4.79 Å². The minimum absolute atomic E-state index is 0.00579. The van der Waals surface area contributed by atoms with Crippen molar-refractivity contribution in [1.82, 2.24) is 10.3 Å². The number of nitrogens with one attached hydrogen (secondary N) is 1. The van der Waals surface area contributed by atoms with Crippen LogP contribution in [0.3, 0.4) is 0 Å². The number of aromatic nitrogens is 1. The van der Waals surface area contributed by atoms with Crippen molar-refractivity contribution in [3.8, 4) is 11.3 Å². The fourth-order valence-electron chi connectivity index (χ4n) is 5.44. The standard InChI is InChI=1S/C28H28N4O2S/c1-17-15-31(2)26-25-21-7-8-22(30-23(21)9-10-24(25)35-27(26)28(34)29-17)19-3-5-20(6-4-19)32-13-11-18(16-33)12-14-32/h3-10,16-18H,11-15H2,1-2H3,(H,29,34)/t17-/m1/s1. The number of hydrogen-bond donors (Lipinski definition) is 1. The molecule has 6 nitrogen and oxygen atoms in total. The maximum Gasteiger partial charge on any atom is 0.263 e. The average Bonchev–Trinajstić information content (AvgIpc) is 3.24. The molecule has 0 bridgehead atoms. The lowest BCUT2D eigenvalue weighted by atomic mass is 9.98. The third-order valence-electron chi connectivity index (χ3n) is 7.27. The Bertz CT molecular complexity index is 1440. The van der Waals surface area contributed by atoms with Gasteiger partial charge < -0.3 is 19.9 Å². The molecule has 2 aromatic carbocycles. The molecular weight excluding hydrogens is 456 g/mol. The minimum atomic E-state index is 0.00579. The van der Waals surface area contributed by atoms with Gasteiger partial charge in [0.15, 0.2) is 0 Å². The molecule has 2 aliphatic heterocycles. The summed E-state index contributed by atoms with van der Waals surface area (Å²) in [7, 11) is 2.06. The van der Waals surface area contributed by atoms with E-state index in [1.54, 1.807) is 11.3 Å². The summed E-state index contributed by atoms with van der Waals surface area (Å²) in [6, 6.07) is 17.0. The molecule has 1 atom stereocenters. The van der Waals surface area contributed by atoms with Crippen LogP contribution in [0.25, 0.3) is 32.2 Å². The lowest BCUT2D eigenvalue weighted by Crippen LogP contribution is -2.36. The first-order valence-corrected chi connectivity index (χ1v) is 13.0. The third kappa shape index (κ3) is 3.84. The van der Waals surface area contributed by atoms with E-state index in [1.165, 1.54) is 5.69 Å². The number of anilines is 2. The summed E-state index contributed by atoms with van der Waals surface area (Å²) >= 11 is 1.55. The number of pyridine rings is 1. The molecule has 0 aliphatic carbocycles. The SMILES string of the molecule is C[C@@H]1CN(C)c2c(sc3ccc4nc(-c5ccc(N6CCC(C=O)CC6)cc5)ccc4c23)C(=O)N1. The highest BCUT2D eigenvalue weighted by Gasteiger charge is 2.28. The highest BCUT2D eigenvalue weighted by Crippen LogP contribution is 2.43. The maximum absolute atomic E-state index is 12.8. The van der Waals surface area contributed by atoms with Crippen LogP contribution < -0.4 is 15.1 Å². The van der Waals surface area contributed by atoms with Crippen LogP contribution in [0, 0.1) is 5.92 Å². The predicted octanol–water partition coefficient (Wildman–Crippen LogP) is 5.10. The maximum atomic E-state index is 12.8. The molecule has 4 aromatic rings. The third-order valence-corrected chi connectivity index (χ3v) is 8.41. The van der Waals surface area contributed by atoms with Crippen LogP contribution in [0.1, 0.15) is 29.4 Å². The molecule has 178 valence electrons. The van der Waals surface area contributed by atoms with Gasteiger partial charge >= 0.3 is 0 Å². The number of carbonyl (C=O) groups is 2. The van der Waals surface area contributed by atoms with Gasteiger partial charge in [0.25, 0.3) is 5.91 Å². The lowest BCUT2D eigenvalue weighted by molar-refractivity contribution is -0.111. The zero-order valence-corrected chi connectivity index (χ0v) is 20.8. The zero-order chi connectivity index (χ0) is 24.1. The van der Waals surface area contributed by atoms with E-state index in [0.29, 0.717) is 0 Å². The Labute approximate surface area is 208 Å². The highest BCUT2D eigenvalue weighted by molar-refractivity contribution is 7.21.